The summed E-state index contributed by atoms with van der Waals surface area (Å²) in [6, 6.07) is 4.80. The normalized spacial score (nSPS) is 33.5. The second-order valence-corrected chi connectivity index (χ2v) is 10.1. The van der Waals surface area contributed by atoms with E-state index in [9.17, 15) is 50.4 Å². The van der Waals surface area contributed by atoms with E-state index in [-0.39, 0.29) is 28.0 Å². The molecule has 2 aromatic rings. The lowest BCUT2D eigenvalue weighted by Crippen LogP contribution is -2.60. The lowest BCUT2D eigenvalue weighted by atomic mass is 9.82. The van der Waals surface area contributed by atoms with Crippen LogP contribution in [0.5, 0.6) is 17.2 Å². The van der Waals surface area contributed by atoms with E-state index in [1.165, 1.54) is 12.1 Å². The summed E-state index contributed by atoms with van der Waals surface area (Å²) in [6.07, 6.45) is -8.56. The van der Waals surface area contributed by atoms with E-state index in [0.717, 1.165) is 12.1 Å². The molecule has 0 aromatic heterocycles. The number of aryl methyl sites for hydroxylation is 1. The van der Waals surface area contributed by atoms with Crippen molar-refractivity contribution < 1.29 is 69.4 Å². The molecule has 2 saturated heterocycles. The number of aromatic hydroxyl groups is 1. The van der Waals surface area contributed by atoms with Crippen LogP contribution in [0.3, 0.4) is 0 Å². The second kappa shape index (κ2) is 10.0. The Kier molecular flexibility index (Phi) is 7.11. The van der Waals surface area contributed by atoms with Gasteiger partial charge in [-0.1, -0.05) is 0 Å². The smallest absolute Gasteiger partial charge is 0.265 e. The molecule has 2 fully saturated rings. The summed E-state index contributed by atoms with van der Waals surface area (Å²) in [6.45, 7) is -1.18. The molecule has 14 nitrogen and oxygen atoms in total. The SMILES string of the molecule is Cc1cc(O)c2c(c1)C(=O)c1cc(OC3(O)COCC3(O)CO)cc(OC3OC(CO)C(O)C(O)C3O)c1C2=O. The first-order valence-corrected chi connectivity index (χ1v) is 12.2. The Hall–Kier alpha value is -3.18. The highest BCUT2D eigenvalue weighted by Gasteiger charge is 2.57. The van der Waals surface area contributed by atoms with E-state index in [4.69, 9.17) is 18.9 Å². The number of rotatable bonds is 6. The van der Waals surface area contributed by atoms with E-state index >= 15 is 0 Å². The van der Waals surface area contributed by atoms with Crippen molar-refractivity contribution in [3.05, 3.63) is 52.1 Å². The van der Waals surface area contributed by atoms with Gasteiger partial charge in [-0.05, 0) is 30.7 Å². The summed E-state index contributed by atoms with van der Waals surface area (Å²) >= 11 is 0. The predicted molar refractivity (Wildman–Crippen MR) is 129 cm³/mol. The average molecular weight is 564 g/mol. The van der Waals surface area contributed by atoms with Crippen LogP contribution in [0.2, 0.25) is 0 Å². The molecule has 1 aliphatic carbocycles. The topological polar surface area (TPSA) is 233 Å². The van der Waals surface area contributed by atoms with Crippen LogP contribution in [0, 0.1) is 6.92 Å². The van der Waals surface area contributed by atoms with Crippen LogP contribution < -0.4 is 9.47 Å². The van der Waals surface area contributed by atoms with Crippen LogP contribution in [0.15, 0.2) is 24.3 Å². The highest BCUT2D eigenvalue weighted by atomic mass is 16.7. The first-order valence-electron chi connectivity index (χ1n) is 12.2. The lowest BCUT2D eigenvalue weighted by Gasteiger charge is -2.40. The minimum atomic E-state index is -2.50. The Morgan fingerprint density at radius 2 is 1.62 bits per heavy atom. The van der Waals surface area contributed by atoms with Gasteiger partial charge in [-0.15, -0.1) is 0 Å². The third kappa shape index (κ3) is 4.34. The summed E-state index contributed by atoms with van der Waals surface area (Å²) in [5.41, 5.74) is -2.89. The number of ketones is 2. The Labute approximate surface area is 226 Å². The van der Waals surface area contributed by atoms with Crippen molar-refractivity contribution >= 4 is 11.6 Å². The largest absolute Gasteiger partial charge is 0.507 e. The summed E-state index contributed by atoms with van der Waals surface area (Å²) in [4.78, 5) is 27.2. The standard InChI is InChI=1S/C26H28O14/c1-10-2-12-17(14(29)3-10)21(32)18-13(19(12)30)4-11(40-26(36)9-37-8-25(26,35)7-28)5-15(18)38-24-23(34)22(33)20(31)16(6-27)39-24/h2-5,16,20,22-24,27-29,31,33-36H,6-9H2,1H3. The molecule has 7 unspecified atom stereocenters. The molecule has 0 bridgehead atoms. The molecule has 7 atom stereocenters. The Balaban J connectivity index is 1.63. The minimum absolute atomic E-state index is 0.124. The van der Waals surface area contributed by atoms with Gasteiger partial charge in [0.15, 0.2) is 11.4 Å². The quantitative estimate of drug-likeness (QED) is 0.144. The number of benzene rings is 2. The van der Waals surface area contributed by atoms with Crippen molar-refractivity contribution in [2.45, 2.75) is 49.0 Å². The van der Waals surface area contributed by atoms with Crippen molar-refractivity contribution in [2.75, 3.05) is 26.4 Å². The maximum absolute atomic E-state index is 13.6. The maximum atomic E-state index is 13.6. The van der Waals surface area contributed by atoms with Gasteiger partial charge in [0.05, 0.1) is 30.9 Å². The van der Waals surface area contributed by atoms with Gasteiger partial charge < -0.3 is 59.8 Å². The van der Waals surface area contributed by atoms with Crippen molar-refractivity contribution in [3.63, 3.8) is 0 Å². The van der Waals surface area contributed by atoms with Crippen LogP contribution in [-0.4, -0.2) is 121 Å². The van der Waals surface area contributed by atoms with Gasteiger partial charge in [0, 0.05) is 17.2 Å². The lowest BCUT2D eigenvalue weighted by molar-refractivity contribution is -0.277. The highest BCUT2D eigenvalue weighted by molar-refractivity contribution is 6.30. The van der Waals surface area contributed by atoms with Crippen molar-refractivity contribution in [2.24, 2.45) is 0 Å². The Bertz CT molecular complexity index is 1360. The molecule has 2 aromatic carbocycles. The number of fused-ring (bicyclic) bond motifs is 2. The number of carbonyl (C=O) groups excluding carboxylic acids is 2. The van der Waals surface area contributed by atoms with E-state index in [1.807, 2.05) is 0 Å². The van der Waals surface area contributed by atoms with E-state index in [1.54, 1.807) is 6.92 Å². The molecule has 5 rings (SSSR count). The Morgan fingerprint density at radius 3 is 2.30 bits per heavy atom. The fourth-order valence-corrected chi connectivity index (χ4v) is 4.99. The second-order valence-electron chi connectivity index (χ2n) is 10.1. The number of aliphatic hydroxyl groups excluding tert-OH is 5. The molecule has 0 spiro atoms. The molecule has 2 heterocycles. The first kappa shape index (κ1) is 28.4. The molecular weight excluding hydrogens is 536 g/mol. The summed E-state index contributed by atoms with van der Waals surface area (Å²) in [7, 11) is 0. The molecule has 0 saturated carbocycles. The van der Waals surface area contributed by atoms with E-state index in [0.29, 0.717) is 5.56 Å². The average Bonchev–Trinajstić information content (AvgIpc) is 3.20. The molecule has 2 aliphatic heterocycles. The number of aliphatic hydroxyl groups is 7. The van der Waals surface area contributed by atoms with Gasteiger partial charge in [-0.3, -0.25) is 9.59 Å². The van der Waals surface area contributed by atoms with Crippen molar-refractivity contribution in [3.8, 4) is 17.2 Å². The fourth-order valence-electron chi connectivity index (χ4n) is 4.99. The molecule has 216 valence electrons. The fraction of sp³-hybridized carbons (Fsp3) is 0.462. The van der Waals surface area contributed by atoms with Crippen molar-refractivity contribution in [1.29, 1.82) is 0 Å². The van der Waals surface area contributed by atoms with Crippen LogP contribution >= 0.6 is 0 Å². The molecule has 3 aliphatic rings. The zero-order chi connectivity index (χ0) is 29.1. The third-order valence-electron chi connectivity index (χ3n) is 7.29. The summed E-state index contributed by atoms with van der Waals surface area (Å²) in [5.74, 6) is -5.34. The van der Waals surface area contributed by atoms with E-state index < -0.39 is 91.6 Å². The molecule has 8 N–H and O–H groups in total. The van der Waals surface area contributed by atoms with Crippen molar-refractivity contribution in [1.82, 2.24) is 0 Å². The van der Waals surface area contributed by atoms with Gasteiger partial charge in [0.25, 0.3) is 5.79 Å². The molecule has 14 heteroatoms. The third-order valence-corrected chi connectivity index (χ3v) is 7.29. The van der Waals surface area contributed by atoms with Crippen LogP contribution in [0.1, 0.15) is 37.4 Å². The number of phenols is 1. The minimum Gasteiger partial charge on any atom is -0.507 e. The van der Waals surface area contributed by atoms with Gasteiger partial charge in [0.1, 0.15) is 48.3 Å². The number of phenolic OH excluding ortho intramolecular Hbond substituents is 1. The van der Waals surface area contributed by atoms with Gasteiger partial charge in [0.2, 0.25) is 12.1 Å². The van der Waals surface area contributed by atoms with Gasteiger partial charge in [-0.2, -0.15) is 0 Å². The summed E-state index contributed by atoms with van der Waals surface area (Å²) in [5, 5.41) is 82.0. The number of ether oxygens (including phenoxy) is 4. The number of carbonyl (C=O) groups is 2. The monoisotopic (exact) mass is 564 g/mol. The molecule has 40 heavy (non-hydrogen) atoms. The highest BCUT2D eigenvalue weighted by Crippen LogP contribution is 2.42. The van der Waals surface area contributed by atoms with Gasteiger partial charge >= 0.3 is 0 Å². The summed E-state index contributed by atoms with van der Waals surface area (Å²) < 4.78 is 21.8. The van der Waals surface area contributed by atoms with Crippen LogP contribution in [-0.2, 0) is 9.47 Å². The number of hydrogen-bond donors (Lipinski definition) is 8. The number of hydrogen-bond acceptors (Lipinski definition) is 14. The molecule has 0 amide bonds. The van der Waals surface area contributed by atoms with Crippen LogP contribution in [0.4, 0.5) is 0 Å². The predicted octanol–water partition coefficient (Wildman–Crippen LogP) is -2.52. The zero-order valence-electron chi connectivity index (χ0n) is 21.1. The zero-order valence-corrected chi connectivity index (χ0v) is 21.1. The van der Waals surface area contributed by atoms with E-state index in [2.05, 4.69) is 0 Å². The molecule has 0 radical (unpaired) electrons. The first-order chi connectivity index (χ1) is 18.8. The molecular formula is C26H28O14. The Morgan fingerprint density at radius 1 is 0.925 bits per heavy atom. The van der Waals surface area contributed by atoms with Gasteiger partial charge in [-0.25, -0.2) is 0 Å². The maximum Gasteiger partial charge on any atom is 0.265 e. The van der Waals surface area contributed by atoms with Crippen LogP contribution in [0.25, 0.3) is 0 Å².